The summed E-state index contributed by atoms with van der Waals surface area (Å²) >= 11 is 0. The average Bonchev–Trinajstić information content (AvgIpc) is 3.03. The highest BCUT2D eigenvalue weighted by molar-refractivity contribution is 7.93. The van der Waals surface area contributed by atoms with E-state index in [0.717, 1.165) is 27.6 Å². The summed E-state index contributed by atoms with van der Waals surface area (Å²) in [6.45, 7) is 0.254. The van der Waals surface area contributed by atoms with Gasteiger partial charge in [0.25, 0.3) is 10.0 Å². The van der Waals surface area contributed by atoms with Crippen LogP contribution in [0.5, 0.6) is 0 Å². The molecule has 32 heavy (non-hydrogen) atoms. The molecule has 5 rings (SSSR count). The molecule has 0 radical (unpaired) electrons. The quantitative estimate of drug-likeness (QED) is 0.433. The highest BCUT2D eigenvalue weighted by Gasteiger charge is 2.35. The predicted molar refractivity (Wildman–Crippen MR) is 128 cm³/mol. The number of sulfonamides is 1. The van der Waals surface area contributed by atoms with Crippen LogP contribution in [-0.2, 0) is 14.8 Å². The molecule has 0 saturated heterocycles. The Bertz CT molecular complexity index is 1410. The van der Waals surface area contributed by atoms with Crippen molar-refractivity contribution in [2.24, 2.45) is 0 Å². The second kappa shape index (κ2) is 8.13. The van der Waals surface area contributed by atoms with Crippen LogP contribution in [0, 0.1) is 0 Å². The van der Waals surface area contributed by atoms with Crippen molar-refractivity contribution in [3.05, 3.63) is 91.0 Å². The maximum Gasteiger partial charge on any atom is 0.265 e. The molecule has 4 aromatic rings. The lowest BCUT2D eigenvalue weighted by Crippen LogP contribution is -2.29. The molecule has 160 valence electrons. The zero-order chi connectivity index (χ0) is 22.1. The molecule has 0 aromatic heterocycles. The molecule has 0 atom stereocenters. The second-order valence-electron chi connectivity index (χ2n) is 7.77. The summed E-state index contributed by atoms with van der Waals surface area (Å²) in [7, 11) is -3.60. The van der Waals surface area contributed by atoms with Crippen LogP contribution in [0.4, 0.5) is 11.4 Å². The van der Waals surface area contributed by atoms with Gasteiger partial charge in [-0.25, -0.2) is 8.42 Å². The van der Waals surface area contributed by atoms with Crippen molar-refractivity contribution in [1.82, 2.24) is 0 Å². The van der Waals surface area contributed by atoms with Gasteiger partial charge < -0.3 is 5.32 Å². The topological polar surface area (TPSA) is 66.5 Å². The third-order valence-electron chi connectivity index (χ3n) is 5.73. The van der Waals surface area contributed by atoms with E-state index in [1.54, 1.807) is 12.1 Å². The number of hydrogen-bond acceptors (Lipinski definition) is 3. The van der Waals surface area contributed by atoms with E-state index in [-0.39, 0.29) is 18.9 Å². The number of rotatable bonds is 6. The van der Waals surface area contributed by atoms with Gasteiger partial charge >= 0.3 is 0 Å². The molecule has 1 aliphatic rings. The van der Waals surface area contributed by atoms with Crippen LogP contribution in [0.15, 0.2) is 95.9 Å². The van der Waals surface area contributed by atoms with E-state index in [0.29, 0.717) is 17.0 Å². The first-order chi connectivity index (χ1) is 15.6. The fraction of sp³-hybridized carbons (Fsp3) is 0.115. The SMILES string of the molecule is O=C(CCCN1c2cccc3cccc(c23)S1(=O)=O)Nc1ccccc1-c1ccccc1. The van der Waals surface area contributed by atoms with Crippen LogP contribution < -0.4 is 9.62 Å². The predicted octanol–water partition coefficient (Wildman–Crippen LogP) is 5.43. The monoisotopic (exact) mass is 442 g/mol. The first kappa shape index (κ1) is 20.3. The smallest absolute Gasteiger partial charge is 0.265 e. The van der Waals surface area contributed by atoms with Gasteiger partial charge in [-0.15, -0.1) is 0 Å². The molecule has 5 nitrogen and oxygen atoms in total. The summed E-state index contributed by atoms with van der Waals surface area (Å²) in [5, 5.41) is 4.65. The zero-order valence-electron chi connectivity index (χ0n) is 17.4. The fourth-order valence-electron chi connectivity index (χ4n) is 4.26. The number of carbonyl (C=O) groups excluding carboxylic acids is 1. The molecular weight excluding hydrogens is 420 g/mol. The molecule has 0 bridgehead atoms. The summed E-state index contributed by atoms with van der Waals surface area (Å²) in [5.74, 6) is -0.138. The summed E-state index contributed by atoms with van der Waals surface area (Å²) < 4.78 is 27.5. The molecule has 0 unspecified atom stereocenters. The van der Waals surface area contributed by atoms with Crippen LogP contribution in [0.2, 0.25) is 0 Å². The van der Waals surface area contributed by atoms with E-state index >= 15 is 0 Å². The van der Waals surface area contributed by atoms with Crippen molar-refractivity contribution in [2.75, 3.05) is 16.2 Å². The molecule has 0 aliphatic carbocycles. The van der Waals surface area contributed by atoms with E-state index in [9.17, 15) is 13.2 Å². The fourth-order valence-corrected chi connectivity index (χ4v) is 6.01. The van der Waals surface area contributed by atoms with E-state index in [2.05, 4.69) is 5.32 Å². The van der Waals surface area contributed by atoms with Gasteiger partial charge in [-0.2, -0.15) is 0 Å². The minimum atomic E-state index is -3.60. The van der Waals surface area contributed by atoms with Gasteiger partial charge in [-0.3, -0.25) is 9.10 Å². The number of benzene rings is 4. The van der Waals surface area contributed by atoms with E-state index in [1.807, 2.05) is 78.9 Å². The van der Waals surface area contributed by atoms with Crippen molar-refractivity contribution in [3.8, 4) is 11.1 Å². The highest BCUT2D eigenvalue weighted by atomic mass is 32.2. The maximum atomic E-state index is 13.1. The maximum absolute atomic E-state index is 13.1. The Balaban J connectivity index is 1.29. The van der Waals surface area contributed by atoms with E-state index in [4.69, 9.17) is 0 Å². The van der Waals surface area contributed by atoms with Crippen molar-refractivity contribution < 1.29 is 13.2 Å². The van der Waals surface area contributed by atoms with Crippen molar-refractivity contribution in [1.29, 1.82) is 0 Å². The normalized spacial score (nSPS) is 13.9. The van der Waals surface area contributed by atoms with Gasteiger partial charge in [0.15, 0.2) is 0 Å². The summed E-state index contributed by atoms with van der Waals surface area (Å²) in [6, 6.07) is 28.5. The van der Waals surface area contributed by atoms with Gasteiger partial charge in [0, 0.05) is 29.6 Å². The molecular formula is C26H22N2O3S. The minimum Gasteiger partial charge on any atom is -0.326 e. The Labute approximate surface area is 187 Å². The van der Waals surface area contributed by atoms with Crippen LogP contribution in [0.25, 0.3) is 21.9 Å². The van der Waals surface area contributed by atoms with Crippen LogP contribution in [0.3, 0.4) is 0 Å². The number of hydrogen-bond donors (Lipinski definition) is 1. The van der Waals surface area contributed by atoms with Crippen molar-refractivity contribution in [3.63, 3.8) is 0 Å². The molecule has 6 heteroatoms. The lowest BCUT2D eigenvalue weighted by molar-refractivity contribution is -0.116. The third-order valence-corrected chi connectivity index (χ3v) is 7.59. The second-order valence-corrected chi connectivity index (χ2v) is 9.60. The largest absolute Gasteiger partial charge is 0.326 e. The molecule has 1 amide bonds. The summed E-state index contributed by atoms with van der Waals surface area (Å²) in [5.41, 5.74) is 3.41. The standard InChI is InChI=1S/C26H22N2O3S/c29-25(27-22-14-5-4-13-21(22)19-9-2-1-3-10-19)17-8-18-28-23-15-6-11-20-12-7-16-24(26(20)23)32(28,30)31/h1-7,9-16H,8,17-18H2,(H,27,29). The van der Waals surface area contributed by atoms with Gasteiger partial charge in [0.05, 0.1) is 10.6 Å². The lowest BCUT2D eigenvalue weighted by Gasteiger charge is -2.18. The molecule has 1 heterocycles. The molecule has 0 fully saturated rings. The minimum absolute atomic E-state index is 0.138. The van der Waals surface area contributed by atoms with Crippen molar-refractivity contribution in [2.45, 2.75) is 17.7 Å². The Morgan fingerprint density at radius 3 is 2.34 bits per heavy atom. The zero-order valence-corrected chi connectivity index (χ0v) is 18.2. The number of amides is 1. The lowest BCUT2D eigenvalue weighted by atomic mass is 10.0. The number of nitrogens with zero attached hydrogens (tertiary/aromatic N) is 1. The van der Waals surface area contributed by atoms with Gasteiger partial charge in [-0.1, -0.05) is 72.8 Å². The highest BCUT2D eigenvalue weighted by Crippen LogP contribution is 2.42. The average molecular weight is 443 g/mol. The molecule has 1 N–H and O–H groups in total. The molecule has 0 spiro atoms. The number of anilines is 2. The van der Waals surface area contributed by atoms with Crippen LogP contribution >= 0.6 is 0 Å². The Kier molecular flexibility index (Phi) is 5.15. The number of nitrogens with one attached hydrogen (secondary N) is 1. The van der Waals surface area contributed by atoms with E-state index < -0.39 is 10.0 Å². The van der Waals surface area contributed by atoms with Crippen molar-refractivity contribution >= 4 is 38.1 Å². The van der Waals surface area contributed by atoms with Crippen LogP contribution in [0.1, 0.15) is 12.8 Å². The van der Waals surface area contributed by atoms with Crippen LogP contribution in [-0.4, -0.2) is 20.9 Å². The first-order valence-corrected chi connectivity index (χ1v) is 12.0. The number of para-hydroxylation sites is 1. The van der Waals surface area contributed by atoms with Gasteiger partial charge in [0.1, 0.15) is 0 Å². The Hall–Kier alpha value is -3.64. The van der Waals surface area contributed by atoms with E-state index in [1.165, 1.54) is 4.31 Å². The Morgan fingerprint density at radius 2 is 1.53 bits per heavy atom. The third kappa shape index (κ3) is 3.52. The molecule has 1 aliphatic heterocycles. The Morgan fingerprint density at radius 1 is 0.812 bits per heavy atom. The van der Waals surface area contributed by atoms with Gasteiger partial charge in [0.2, 0.25) is 5.91 Å². The molecule has 4 aromatic carbocycles. The summed E-state index contributed by atoms with van der Waals surface area (Å²) in [4.78, 5) is 13.0. The molecule has 0 saturated carbocycles. The van der Waals surface area contributed by atoms with Gasteiger partial charge in [-0.05, 0) is 35.6 Å². The summed E-state index contributed by atoms with van der Waals surface area (Å²) in [6.07, 6.45) is 0.643. The first-order valence-electron chi connectivity index (χ1n) is 10.5. The number of carbonyl (C=O) groups is 1.